The zero-order valence-electron chi connectivity index (χ0n) is 19.8. The first-order chi connectivity index (χ1) is 15.7. The summed E-state index contributed by atoms with van der Waals surface area (Å²) in [5, 5.41) is 0. The average Bonchev–Trinajstić information content (AvgIpc) is 2.84. The van der Waals surface area contributed by atoms with Gasteiger partial charge in [-0.1, -0.05) is 43.5 Å². The maximum absolute atomic E-state index is 5.92. The molecule has 1 heterocycles. The molecule has 0 aliphatic carbocycles. The van der Waals surface area contributed by atoms with Gasteiger partial charge in [0.2, 0.25) is 0 Å². The van der Waals surface area contributed by atoms with Crippen LogP contribution in [-0.4, -0.2) is 27.8 Å². The van der Waals surface area contributed by atoms with Gasteiger partial charge in [0.15, 0.2) is 12.4 Å². The Labute approximate surface area is 193 Å². The standard InChI is InChI=1S/C28H37N2O2/c1-29(2)26-18-21-30(22-19-26)20-8-6-4-5-7-9-23-32-28-16-12-25(13-17-28)24-10-14-27(31-3)15-11-24/h10-19,21-22H,4-9,20,23H2,1-3H3/q+1. The summed E-state index contributed by atoms with van der Waals surface area (Å²) in [5.74, 6) is 1.82. The van der Waals surface area contributed by atoms with Crippen molar-refractivity contribution in [3.8, 4) is 22.6 Å². The molecule has 4 heteroatoms. The lowest BCUT2D eigenvalue weighted by Gasteiger charge is -2.10. The van der Waals surface area contributed by atoms with E-state index in [0.717, 1.165) is 31.1 Å². The van der Waals surface area contributed by atoms with Gasteiger partial charge in [-0.25, -0.2) is 4.57 Å². The monoisotopic (exact) mass is 433 g/mol. The first-order valence-electron chi connectivity index (χ1n) is 11.7. The summed E-state index contributed by atoms with van der Waals surface area (Å²) in [7, 11) is 5.83. The Balaban J connectivity index is 1.24. The summed E-state index contributed by atoms with van der Waals surface area (Å²) in [5.41, 5.74) is 3.62. The molecule has 0 unspecified atom stereocenters. The van der Waals surface area contributed by atoms with Crippen LogP contribution in [0.1, 0.15) is 38.5 Å². The van der Waals surface area contributed by atoms with Crippen LogP contribution in [0.3, 0.4) is 0 Å². The number of rotatable bonds is 13. The molecule has 0 aliphatic heterocycles. The predicted octanol–water partition coefficient (Wildman–Crippen LogP) is 6.14. The highest BCUT2D eigenvalue weighted by atomic mass is 16.5. The van der Waals surface area contributed by atoms with Crippen LogP contribution in [0.5, 0.6) is 11.5 Å². The van der Waals surface area contributed by atoms with Crippen molar-refractivity contribution in [1.82, 2.24) is 0 Å². The minimum atomic E-state index is 0.788. The number of aryl methyl sites for hydroxylation is 1. The first-order valence-corrected chi connectivity index (χ1v) is 11.7. The third-order valence-electron chi connectivity index (χ3n) is 5.75. The Morgan fingerprint density at radius 2 is 1.19 bits per heavy atom. The highest BCUT2D eigenvalue weighted by Crippen LogP contribution is 2.24. The number of anilines is 1. The fourth-order valence-corrected chi connectivity index (χ4v) is 3.72. The van der Waals surface area contributed by atoms with E-state index in [1.807, 2.05) is 12.1 Å². The first kappa shape index (κ1) is 23.6. The molecule has 2 aromatic carbocycles. The van der Waals surface area contributed by atoms with Gasteiger partial charge in [0.05, 0.1) is 13.7 Å². The van der Waals surface area contributed by atoms with Gasteiger partial charge in [-0.05, 0) is 48.2 Å². The van der Waals surface area contributed by atoms with E-state index in [2.05, 4.69) is 84.5 Å². The van der Waals surface area contributed by atoms with Crippen LogP contribution in [0.25, 0.3) is 11.1 Å². The van der Waals surface area contributed by atoms with Crippen LogP contribution >= 0.6 is 0 Å². The van der Waals surface area contributed by atoms with E-state index < -0.39 is 0 Å². The molecule has 0 aliphatic rings. The lowest BCUT2D eigenvalue weighted by molar-refractivity contribution is -0.697. The van der Waals surface area contributed by atoms with Gasteiger partial charge < -0.3 is 14.4 Å². The third-order valence-corrected chi connectivity index (χ3v) is 5.75. The van der Waals surface area contributed by atoms with Crippen molar-refractivity contribution in [3.05, 3.63) is 73.1 Å². The lowest BCUT2D eigenvalue weighted by atomic mass is 10.1. The largest absolute Gasteiger partial charge is 0.497 e. The Hall–Kier alpha value is -3.01. The fraction of sp³-hybridized carbons (Fsp3) is 0.393. The normalized spacial score (nSPS) is 10.7. The Morgan fingerprint density at radius 1 is 0.656 bits per heavy atom. The van der Waals surface area contributed by atoms with Crippen molar-refractivity contribution in [2.45, 2.75) is 45.1 Å². The van der Waals surface area contributed by atoms with Crippen LogP contribution in [0.15, 0.2) is 73.1 Å². The number of aromatic nitrogens is 1. The molecule has 0 bridgehead atoms. The molecule has 0 spiro atoms. The minimum absolute atomic E-state index is 0.788. The van der Waals surface area contributed by atoms with Crippen molar-refractivity contribution in [1.29, 1.82) is 0 Å². The van der Waals surface area contributed by atoms with Crippen LogP contribution < -0.4 is 18.9 Å². The lowest BCUT2D eigenvalue weighted by Crippen LogP contribution is -2.32. The summed E-state index contributed by atoms with van der Waals surface area (Å²) >= 11 is 0. The average molecular weight is 434 g/mol. The van der Waals surface area contributed by atoms with Crippen molar-refractivity contribution >= 4 is 5.69 Å². The van der Waals surface area contributed by atoms with E-state index in [1.54, 1.807) is 7.11 Å². The van der Waals surface area contributed by atoms with Gasteiger partial charge in [-0.15, -0.1) is 0 Å². The van der Waals surface area contributed by atoms with Crippen LogP contribution in [-0.2, 0) is 6.54 Å². The predicted molar refractivity (Wildman–Crippen MR) is 133 cm³/mol. The van der Waals surface area contributed by atoms with Crippen molar-refractivity contribution in [2.75, 3.05) is 32.7 Å². The van der Waals surface area contributed by atoms with Gasteiger partial charge in [0.25, 0.3) is 0 Å². The number of unbranched alkanes of at least 4 members (excludes halogenated alkanes) is 5. The van der Waals surface area contributed by atoms with Crippen LogP contribution in [0.4, 0.5) is 5.69 Å². The summed E-state index contributed by atoms with van der Waals surface area (Å²) < 4.78 is 13.4. The van der Waals surface area contributed by atoms with Gasteiger partial charge in [-0.3, -0.25) is 0 Å². The molecular formula is C28H37N2O2+. The number of hydrogen-bond acceptors (Lipinski definition) is 3. The number of pyridine rings is 1. The Bertz CT molecular complexity index is 904. The molecule has 0 saturated carbocycles. The summed E-state index contributed by atoms with van der Waals surface area (Å²) in [4.78, 5) is 2.13. The molecule has 0 N–H and O–H groups in total. The quantitative estimate of drug-likeness (QED) is 0.239. The molecular weight excluding hydrogens is 396 g/mol. The zero-order valence-corrected chi connectivity index (χ0v) is 19.8. The fourth-order valence-electron chi connectivity index (χ4n) is 3.72. The number of methoxy groups -OCH3 is 1. The third kappa shape index (κ3) is 7.60. The number of ether oxygens (including phenoxy) is 2. The summed E-state index contributed by atoms with van der Waals surface area (Å²) in [6.45, 7) is 1.89. The second-order valence-corrected chi connectivity index (χ2v) is 8.41. The van der Waals surface area contributed by atoms with Gasteiger partial charge in [0, 0.05) is 38.3 Å². The highest BCUT2D eigenvalue weighted by Gasteiger charge is 2.03. The molecule has 0 radical (unpaired) electrons. The number of nitrogens with zero attached hydrogens (tertiary/aromatic N) is 2. The zero-order chi connectivity index (χ0) is 22.6. The maximum Gasteiger partial charge on any atom is 0.170 e. The van der Waals surface area contributed by atoms with E-state index >= 15 is 0 Å². The van der Waals surface area contributed by atoms with Crippen molar-refractivity contribution in [2.24, 2.45) is 0 Å². The molecule has 3 rings (SSSR count). The van der Waals surface area contributed by atoms with E-state index in [-0.39, 0.29) is 0 Å². The molecule has 0 fully saturated rings. The topological polar surface area (TPSA) is 25.6 Å². The molecule has 4 nitrogen and oxygen atoms in total. The molecule has 0 atom stereocenters. The number of hydrogen-bond donors (Lipinski definition) is 0. The summed E-state index contributed by atoms with van der Waals surface area (Å²) in [6.07, 6.45) is 11.8. The smallest absolute Gasteiger partial charge is 0.170 e. The van der Waals surface area contributed by atoms with E-state index in [4.69, 9.17) is 9.47 Å². The SMILES string of the molecule is COc1ccc(-c2ccc(OCCCCCCCC[n+]3ccc(N(C)C)cc3)cc2)cc1. The van der Waals surface area contributed by atoms with Gasteiger partial charge >= 0.3 is 0 Å². The molecule has 0 amide bonds. The summed E-state index contributed by atoms with van der Waals surface area (Å²) in [6, 6.07) is 20.8. The van der Waals surface area contributed by atoms with Crippen LogP contribution in [0.2, 0.25) is 0 Å². The van der Waals surface area contributed by atoms with Crippen molar-refractivity contribution < 1.29 is 14.0 Å². The molecule has 3 aromatic rings. The van der Waals surface area contributed by atoms with Gasteiger partial charge in [-0.2, -0.15) is 0 Å². The molecule has 170 valence electrons. The highest BCUT2D eigenvalue weighted by molar-refractivity contribution is 5.64. The van der Waals surface area contributed by atoms with Gasteiger partial charge in [0.1, 0.15) is 18.0 Å². The van der Waals surface area contributed by atoms with Crippen LogP contribution in [0, 0.1) is 0 Å². The van der Waals surface area contributed by atoms with E-state index in [0.29, 0.717) is 0 Å². The molecule has 32 heavy (non-hydrogen) atoms. The second kappa shape index (κ2) is 12.7. The number of benzene rings is 2. The second-order valence-electron chi connectivity index (χ2n) is 8.41. The van der Waals surface area contributed by atoms with E-state index in [9.17, 15) is 0 Å². The van der Waals surface area contributed by atoms with E-state index in [1.165, 1.54) is 48.9 Å². The van der Waals surface area contributed by atoms with Crippen molar-refractivity contribution in [3.63, 3.8) is 0 Å². The maximum atomic E-state index is 5.92. The Kier molecular flexibility index (Phi) is 9.42. The molecule has 0 saturated heterocycles. The minimum Gasteiger partial charge on any atom is -0.497 e. The molecule has 1 aromatic heterocycles. The Morgan fingerprint density at radius 3 is 1.75 bits per heavy atom.